The Morgan fingerprint density at radius 1 is 0.545 bits per heavy atom. The Balaban J connectivity index is 1.92. The van der Waals surface area contributed by atoms with Gasteiger partial charge in [0.1, 0.15) is 0 Å². The van der Waals surface area contributed by atoms with Crippen molar-refractivity contribution in [1.29, 1.82) is 0 Å². The first kappa shape index (κ1) is 26.8. The number of carbonyl (C=O) groups is 2. The van der Waals surface area contributed by atoms with E-state index >= 15 is 0 Å². The molecule has 2 rings (SSSR count). The van der Waals surface area contributed by atoms with Gasteiger partial charge in [-0.25, -0.2) is 9.59 Å². The molecule has 0 unspecified atom stereocenters. The summed E-state index contributed by atoms with van der Waals surface area (Å²) in [7, 11) is 0. The van der Waals surface area contributed by atoms with E-state index in [2.05, 4.69) is 13.8 Å². The molecule has 0 amide bonds. The second-order valence-electron chi connectivity index (χ2n) is 9.03. The molecule has 0 aliphatic rings. The van der Waals surface area contributed by atoms with E-state index in [4.69, 9.17) is 4.74 Å². The van der Waals surface area contributed by atoms with Gasteiger partial charge in [-0.3, -0.25) is 0 Å². The number of hydrogen-bond acceptors (Lipinski definition) is 3. The number of unbranched alkanes of at least 4 members (excludes halogenated alkanes) is 10. The molecule has 3 nitrogen and oxygen atoms in total. The molecular formula is C30H42O3. The summed E-state index contributed by atoms with van der Waals surface area (Å²) in [6.07, 6.45) is 16.1. The fourth-order valence-corrected chi connectivity index (χ4v) is 4.26. The number of rotatable bonds is 16. The molecule has 33 heavy (non-hydrogen) atoms. The van der Waals surface area contributed by atoms with Crippen LogP contribution in [0, 0.1) is 0 Å². The second kappa shape index (κ2) is 16.2. The van der Waals surface area contributed by atoms with Crippen molar-refractivity contribution in [3.05, 3.63) is 70.8 Å². The van der Waals surface area contributed by atoms with Gasteiger partial charge in [0, 0.05) is 0 Å². The lowest BCUT2D eigenvalue weighted by Crippen LogP contribution is -2.16. The maximum absolute atomic E-state index is 12.9. The Labute approximate surface area is 200 Å². The molecule has 0 atom stereocenters. The van der Waals surface area contributed by atoms with Gasteiger partial charge in [0.05, 0.1) is 11.1 Å². The first-order valence-corrected chi connectivity index (χ1v) is 13.1. The summed E-state index contributed by atoms with van der Waals surface area (Å²) < 4.78 is 5.34. The zero-order chi connectivity index (χ0) is 23.7. The Bertz CT molecular complexity index is 770. The first-order valence-electron chi connectivity index (χ1n) is 13.1. The molecule has 0 aliphatic carbocycles. The van der Waals surface area contributed by atoms with Gasteiger partial charge < -0.3 is 4.74 Å². The Morgan fingerprint density at radius 3 is 1.33 bits per heavy atom. The van der Waals surface area contributed by atoms with Crippen LogP contribution in [-0.4, -0.2) is 11.9 Å². The lowest BCUT2D eigenvalue weighted by Gasteiger charge is -2.11. The standard InChI is InChI=1S/C30H42O3/c1-3-5-7-9-11-13-19-25-21-15-17-23-27(25)29(31)33-30(32)28-24-18-16-22-26(28)20-14-12-10-8-6-4-2/h15-18,21-24H,3-14,19-20H2,1-2H3. The molecule has 2 aromatic carbocycles. The van der Waals surface area contributed by atoms with Crippen LogP contribution < -0.4 is 0 Å². The molecule has 0 heterocycles. The molecule has 0 saturated heterocycles. The Morgan fingerprint density at radius 2 is 0.909 bits per heavy atom. The first-order chi connectivity index (χ1) is 16.2. The van der Waals surface area contributed by atoms with Crippen molar-refractivity contribution in [2.75, 3.05) is 0 Å². The van der Waals surface area contributed by atoms with Crippen molar-refractivity contribution < 1.29 is 14.3 Å². The fourth-order valence-electron chi connectivity index (χ4n) is 4.26. The second-order valence-corrected chi connectivity index (χ2v) is 9.03. The quantitative estimate of drug-likeness (QED) is 0.146. The number of benzene rings is 2. The molecule has 0 fully saturated rings. The van der Waals surface area contributed by atoms with Crippen LogP contribution in [0.2, 0.25) is 0 Å². The number of carbonyl (C=O) groups excluding carboxylic acids is 2. The van der Waals surface area contributed by atoms with Crippen LogP contribution in [0.4, 0.5) is 0 Å². The Kier molecular flexibility index (Phi) is 13.2. The molecule has 0 N–H and O–H groups in total. The third kappa shape index (κ3) is 9.94. The minimum Gasteiger partial charge on any atom is -0.386 e. The topological polar surface area (TPSA) is 43.4 Å². The molecule has 2 aromatic rings. The molecular weight excluding hydrogens is 408 g/mol. The van der Waals surface area contributed by atoms with E-state index in [1.165, 1.54) is 51.4 Å². The van der Waals surface area contributed by atoms with Crippen molar-refractivity contribution in [3.8, 4) is 0 Å². The summed E-state index contributed by atoms with van der Waals surface area (Å²) in [5.74, 6) is -1.09. The van der Waals surface area contributed by atoms with E-state index in [1.807, 2.05) is 36.4 Å². The van der Waals surface area contributed by atoms with Crippen LogP contribution in [0.3, 0.4) is 0 Å². The van der Waals surface area contributed by atoms with Crippen molar-refractivity contribution >= 4 is 11.9 Å². The predicted molar refractivity (Wildman–Crippen MR) is 137 cm³/mol. The Hall–Kier alpha value is -2.42. The fraction of sp³-hybridized carbons (Fsp3) is 0.533. The number of aryl methyl sites for hydroxylation is 2. The summed E-state index contributed by atoms with van der Waals surface area (Å²) in [5.41, 5.74) is 2.94. The van der Waals surface area contributed by atoms with Crippen LogP contribution in [0.5, 0.6) is 0 Å². The molecule has 0 spiro atoms. The van der Waals surface area contributed by atoms with E-state index in [0.717, 1.165) is 49.7 Å². The predicted octanol–water partition coefficient (Wildman–Crippen LogP) is 8.49. The third-order valence-electron chi connectivity index (χ3n) is 6.26. The van der Waals surface area contributed by atoms with Crippen LogP contribution in [-0.2, 0) is 17.6 Å². The average molecular weight is 451 g/mol. The summed E-state index contributed by atoms with van der Waals surface area (Å²) in [6, 6.07) is 15.0. The van der Waals surface area contributed by atoms with Gasteiger partial charge in [-0.1, -0.05) is 114 Å². The molecule has 0 aliphatic heterocycles. The highest BCUT2D eigenvalue weighted by atomic mass is 16.6. The summed E-state index contributed by atoms with van der Waals surface area (Å²) in [6.45, 7) is 4.44. The van der Waals surface area contributed by atoms with Gasteiger partial charge in [-0.2, -0.15) is 0 Å². The lowest BCUT2D eigenvalue weighted by atomic mass is 10.00. The smallest absolute Gasteiger partial charge is 0.346 e. The third-order valence-corrected chi connectivity index (χ3v) is 6.26. The van der Waals surface area contributed by atoms with Gasteiger partial charge in [-0.15, -0.1) is 0 Å². The van der Waals surface area contributed by atoms with Crippen LogP contribution in [0.15, 0.2) is 48.5 Å². The minimum absolute atomic E-state index is 0.507. The SMILES string of the molecule is CCCCCCCCc1ccccc1C(=O)OC(=O)c1ccccc1CCCCCCCC. The molecule has 0 bridgehead atoms. The van der Waals surface area contributed by atoms with Gasteiger partial charge >= 0.3 is 11.9 Å². The van der Waals surface area contributed by atoms with Gasteiger partial charge in [0.15, 0.2) is 0 Å². The molecule has 0 saturated carbocycles. The van der Waals surface area contributed by atoms with Gasteiger partial charge in [0.2, 0.25) is 0 Å². The minimum atomic E-state index is -0.545. The molecule has 0 aromatic heterocycles. The van der Waals surface area contributed by atoms with E-state index in [1.54, 1.807) is 12.1 Å². The zero-order valence-electron chi connectivity index (χ0n) is 20.7. The van der Waals surface area contributed by atoms with Crippen molar-refractivity contribution in [2.24, 2.45) is 0 Å². The monoisotopic (exact) mass is 450 g/mol. The maximum atomic E-state index is 12.9. The van der Waals surface area contributed by atoms with Gasteiger partial charge in [-0.05, 0) is 48.9 Å². The molecule has 0 radical (unpaired) electrons. The van der Waals surface area contributed by atoms with Gasteiger partial charge in [0.25, 0.3) is 0 Å². The molecule has 180 valence electrons. The highest BCUT2D eigenvalue weighted by Crippen LogP contribution is 2.19. The highest BCUT2D eigenvalue weighted by Gasteiger charge is 2.19. The van der Waals surface area contributed by atoms with E-state index in [9.17, 15) is 9.59 Å². The van der Waals surface area contributed by atoms with Crippen molar-refractivity contribution in [1.82, 2.24) is 0 Å². The lowest BCUT2D eigenvalue weighted by molar-refractivity contribution is 0.0396. The van der Waals surface area contributed by atoms with Crippen LogP contribution >= 0.6 is 0 Å². The molecule has 3 heteroatoms. The normalized spacial score (nSPS) is 10.8. The summed E-state index contributed by atoms with van der Waals surface area (Å²) in [4.78, 5) is 25.7. The van der Waals surface area contributed by atoms with E-state index < -0.39 is 11.9 Å². The summed E-state index contributed by atoms with van der Waals surface area (Å²) >= 11 is 0. The van der Waals surface area contributed by atoms with Crippen LogP contribution in [0.25, 0.3) is 0 Å². The van der Waals surface area contributed by atoms with Crippen molar-refractivity contribution in [2.45, 2.75) is 104 Å². The largest absolute Gasteiger partial charge is 0.386 e. The highest BCUT2D eigenvalue weighted by molar-refractivity contribution is 6.03. The van der Waals surface area contributed by atoms with Crippen molar-refractivity contribution in [3.63, 3.8) is 0 Å². The summed E-state index contributed by atoms with van der Waals surface area (Å²) in [5, 5.41) is 0. The van der Waals surface area contributed by atoms with Crippen LogP contribution in [0.1, 0.15) is 123 Å². The van der Waals surface area contributed by atoms with E-state index in [-0.39, 0.29) is 0 Å². The maximum Gasteiger partial charge on any atom is 0.346 e. The number of hydrogen-bond donors (Lipinski definition) is 0. The zero-order valence-corrected chi connectivity index (χ0v) is 20.7. The number of esters is 2. The average Bonchev–Trinajstić information content (AvgIpc) is 2.84. The van der Waals surface area contributed by atoms with E-state index in [0.29, 0.717) is 11.1 Å². The number of ether oxygens (including phenoxy) is 1.